The van der Waals surface area contributed by atoms with Crippen molar-refractivity contribution in [2.45, 2.75) is 20.1 Å². The molecule has 0 unspecified atom stereocenters. The molecule has 2 N–H and O–H groups in total. The molecular formula is C29H24ClFN4O5. The molecule has 40 heavy (non-hydrogen) atoms. The van der Waals surface area contributed by atoms with Gasteiger partial charge in [0, 0.05) is 29.7 Å². The molecule has 4 aromatic rings. The summed E-state index contributed by atoms with van der Waals surface area (Å²) in [5.74, 6) is -2.69. The van der Waals surface area contributed by atoms with Crippen LogP contribution in [-0.2, 0) is 25.0 Å². The van der Waals surface area contributed by atoms with E-state index in [0.717, 1.165) is 29.3 Å². The van der Waals surface area contributed by atoms with E-state index in [4.69, 9.17) is 16.3 Å². The zero-order valence-electron chi connectivity index (χ0n) is 21.6. The standard InChI is InChI=1S/C29H24ClFN4O5/c1-16-4-3-5-17(10-16)13-35(14-25(36)32-23-11-18(29(38)39)6-8-22(23)31)28(37)26-21-15-40-24-9-7-19(30)12-20(24)27(21)34(2)33-26/h3-12H,13-15H2,1-2H3,(H,32,36)(H,38,39). The molecule has 1 aromatic heterocycles. The van der Waals surface area contributed by atoms with Crippen LogP contribution in [0, 0.1) is 12.7 Å². The van der Waals surface area contributed by atoms with Gasteiger partial charge < -0.3 is 20.1 Å². The molecule has 5 rings (SSSR count). The summed E-state index contributed by atoms with van der Waals surface area (Å²) in [6.45, 7) is 1.63. The first-order chi connectivity index (χ1) is 19.1. The second-order valence-electron chi connectivity index (χ2n) is 9.43. The van der Waals surface area contributed by atoms with Crippen molar-refractivity contribution in [2.24, 2.45) is 7.05 Å². The van der Waals surface area contributed by atoms with Crippen LogP contribution in [0.25, 0.3) is 11.3 Å². The van der Waals surface area contributed by atoms with Gasteiger partial charge in [0.25, 0.3) is 5.91 Å². The zero-order valence-corrected chi connectivity index (χ0v) is 22.3. The zero-order chi connectivity index (χ0) is 28.6. The van der Waals surface area contributed by atoms with Crippen molar-refractivity contribution in [3.63, 3.8) is 0 Å². The van der Waals surface area contributed by atoms with Gasteiger partial charge in [-0.1, -0.05) is 41.4 Å². The molecule has 2 amide bonds. The van der Waals surface area contributed by atoms with E-state index >= 15 is 0 Å². The fourth-order valence-electron chi connectivity index (χ4n) is 4.67. The van der Waals surface area contributed by atoms with Gasteiger partial charge in [-0.25, -0.2) is 9.18 Å². The average Bonchev–Trinajstić information content (AvgIpc) is 3.25. The number of hydrogen-bond acceptors (Lipinski definition) is 5. The number of anilines is 1. The number of halogens is 2. The first-order valence-corrected chi connectivity index (χ1v) is 12.6. The topological polar surface area (TPSA) is 114 Å². The van der Waals surface area contributed by atoms with Crippen molar-refractivity contribution in [3.05, 3.63) is 99.5 Å². The van der Waals surface area contributed by atoms with Crippen LogP contribution in [-0.4, -0.2) is 44.1 Å². The van der Waals surface area contributed by atoms with Crippen molar-refractivity contribution < 1.29 is 28.6 Å². The summed E-state index contributed by atoms with van der Waals surface area (Å²) >= 11 is 6.22. The number of nitrogens with zero attached hydrogens (tertiary/aromatic N) is 3. The minimum atomic E-state index is -1.27. The van der Waals surface area contributed by atoms with Crippen LogP contribution >= 0.6 is 11.6 Å². The number of carbonyl (C=O) groups is 3. The Bertz CT molecular complexity index is 1670. The van der Waals surface area contributed by atoms with Crippen LogP contribution in [0.5, 0.6) is 5.75 Å². The fourth-order valence-corrected chi connectivity index (χ4v) is 4.85. The Morgan fingerprint density at radius 2 is 1.95 bits per heavy atom. The van der Waals surface area contributed by atoms with Crippen LogP contribution in [0.15, 0.2) is 60.7 Å². The number of carboxylic acids is 1. The monoisotopic (exact) mass is 562 g/mol. The van der Waals surface area contributed by atoms with Crippen molar-refractivity contribution in [2.75, 3.05) is 11.9 Å². The highest BCUT2D eigenvalue weighted by Gasteiger charge is 2.32. The third-order valence-corrected chi connectivity index (χ3v) is 6.72. The smallest absolute Gasteiger partial charge is 0.335 e. The number of aromatic nitrogens is 2. The lowest BCUT2D eigenvalue weighted by molar-refractivity contribution is -0.117. The molecule has 9 nitrogen and oxygen atoms in total. The SMILES string of the molecule is Cc1cccc(CN(CC(=O)Nc2cc(C(=O)O)ccc2F)C(=O)c2nn(C)c3c2COc2ccc(Cl)cc2-3)c1. The highest BCUT2D eigenvalue weighted by atomic mass is 35.5. The Labute approximate surface area is 233 Å². The maximum absolute atomic E-state index is 14.4. The first-order valence-electron chi connectivity index (χ1n) is 12.3. The maximum atomic E-state index is 14.4. The van der Waals surface area contributed by atoms with Gasteiger partial charge >= 0.3 is 5.97 Å². The molecule has 2 heterocycles. The molecule has 0 spiro atoms. The van der Waals surface area contributed by atoms with Gasteiger partial charge in [-0.05, 0) is 48.9 Å². The lowest BCUT2D eigenvalue weighted by Crippen LogP contribution is -2.38. The number of amides is 2. The molecule has 3 aromatic carbocycles. The molecule has 0 fully saturated rings. The van der Waals surface area contributed by atoms with Gasteiger partial charge in [-0.15, -0.1) is 0 Å². The highest BCUT2D eigenvalue weighted by Crippen LogP contribution is 2.40. The summed E-state index contributed by atoms with van der Waals surface area (Å²) in [6.07, 6.45) is 0. The van der Waals surface area contributed by atoms with Gasteiger partial charge in [0.15, 0.2) is 5.69 Å². The second-order valence-corrected chi connectivity index (χ2v) is 9.86. The molecule has 0 aliphatic carbocycles. The molecule has 0 saturated heterocycles. The second kappa shape index (κ2) is 10.8. The predicted molar refractivity (Wildman–Crippen MR) is 146 cm³/mol. The largest absolute Gasteiger partial charge is 0.488 e. The van der Waals surface area contributed by atoms with E-state index in [9.17, 15) is 23.9 Å². The molecule has 0 saturated carbocycles. The van der Waals surface area contributed by atoms with E-state index in [1.165, 1.54) is 4.90 Å². The Morgan fingerprint density at radius 1 is 1.15 bits per heavy atom. The minimum Gasteiger partial charge on any atom is -0.488 e. The molecule has 11 heteroatoms. The summed E-state index contributed by atoms with van der Waals surface area (Å²) in [7, 11) is 1.71. The number of carbonyl (C=O) groups excluding carboxylic acids is 2. The summed E-state index contributed by atoms with van der Waals surface area (Å²) in [4.78, 5) is 39.6. The third kappa shape index (κ3) is 5.39. The van der Waals surface area contributed by atoms with Crippen molar-refractivity contribution >= 4 is 35.1 Å². The molecule has 0 atom stereocenters. The Morgan fingerprint density at radius 3 is 2.70 bits per heavy atom. The quantitative estimate of drug-likeness (QED) is 0.325. The van der Waals surface area contributed by atoms with Gasteiger partial charge in [0.2, 0.25) is 5.91 Å². The Kier molecular flexibility index (Phi) is 7.27. The molecular weight excluding hydrogens is 539 g/mol. The number of nitrogens with one attached hydrogen (secondary N) is 1. The van der Waals surface area contributed by atoms with Crippen molar-refractivity contribution in [1.29, 1.82) is 0 Å². The maximum Gasteiger partial charge on any atom is 0.335 e. The van der Waals surface area contributed by atoms with Crippen LogP contribution in [0.3, 0.4) is 0 Å². The molecule has 204 valence electrons. The molecule has 0 radical (unpaired) electrons. The third-order valence-electron chi connectivity index (χ3n) is 6.48. The van der Waals surface area contributed by atoms with Gasteiger partial charge in [-0.3, -0.25) is 14.3 Å². The normalized spacial score (nSPS) is 11.7. The van der Waals surface area contributed by atoms with Crippen LogP contribution in [0.1, 0.15) is 37.5 Å². The molecule has 1 aliphatic rings. The van der Waals surface area contributed by atoms with Crippen LogP contribution in [0.4, 0.5) is 10.1 Å². The highest BCUT2D eigenvalue weighted by molar-refractivity contribution is 6.31. The Hall–Kier alpha value is -4.70. The average molecular weight is 563 g/mol. The minimum absolute atomic E-state index is 0.0696. The van der Waals surface area contributed by atoms with E-state index in [-0.39, 0.29) is 30.1 Å². The number of aryl methyl sites for hydroxylation is 2. The van der Waals surface area contributed by atoms with Gasteiger partial charge in [0.1, 0.15) is 24.7 Å². The number of benzene rings is 3. The van der Waals surface area contributed by atoms with E-state index in [1.54, 1.807) is 29.9 Å². The van der Waals surface area contributed by atoms with Crippen LogP contribution in [0.2, 0.25) is 5.02 Å². The van der Waals surface area contributed by atoms with Gasteiger partial charge in [0.05, 0.1) is 16.9 Å². The van der Waals surface area contributed by atoms with Crippen LogP contribution < -0.4 is 10.1 Å². The fraction of sp³-hybridized carbons (Fsp3) is 0.172. The van der Waals surface area contributed by atoms with Gasteiger partial charge in [-0.2, -0.15) is 5.10 Å². The predicted octanol–water partition coefficient (Wildman–Crippen LogP) is 5.06. The summed E-state index contributed by atoms with van der Waals surface area (Å²) in [5, 5.41) is 16.6. The number of aromatic carboxylic acids is 1. The number of carboxylic acid groups (broad SMARTS) is 1. The number of ether oxygens (including phenoxy) is 1. The van der Waals surface area contributed by atoms with Crippen molar-refractivity contribution in [1.82, 2.24) is 14.7 Å². The summed E-state index contributed by atoms with van der Waals surface area (Å²) in [5.41, 5.74) is 3.30. The van der Waals surface area contributed by atoms with Crippen molar-refractivity contribution in [3.8, 4) is 17.0 Å². The number of rotatable bonds is 7. The lowest BCUT2D eigenvalue weighted by Gasteiger charge is -2.23. The summed E-state index contributed by atoms with van der Waals surface area (Å²) in [6, 6.07) is 15.8. The molecule has 0 bridgehead atoms. The van der Waals surface area contributed by atoms with E-state index < -0.39 is 30.1 Å². The van der Waals surface area contributed by atoms with E-state index in [0.29, 0.717) is 27.6 Å². The number of hydrogen-bond donors (Lipinski definition) is 2. The van der Waals surface area contributed by atoms with E-state index in [2.05, 4.69) is 10.4 Å². The Balaban J connectivity index is 1.48. The lowest BCUT2D eigenvalue weighted by atomic mass is 10.0. The molecule has 1 aliphatic heterocycles. The first kappa shape index (κ1) is 26.9. The van der Waals surface area contributed by atoms with E-state index in [1.807, 2.05) is 31.2 Å². The summed E-state index contributed by atoms with van der Waals surface area (Å²) < 4.78 is 21.8. The number of fused-ring (bicyclic) bond motifs is 3.